The van der Waals surface area contributed by atoms with Crippen LogP contribution in [-0.2, 0) is 6.54 Å². The maximum atomic E-state index is 8.67. The van der Waals surface area contributed by atoms with E-state index in [2.05, 4.69) is 42.2 Å². The summed E-state index contributed by atoms with van der Waals surface area (Å²) in [6, 6.07) is 2.17. The van der Waals surface area contributed by atoms with Crippen molar-refractivity contribution >= 4 is 11.3 Å². The van der Waals surface area contributed by atoms with E-state index in [1.807, 2.05) is 0 Å². The summed E-state index contributed by atoms with van der Waals surface area (Å²) in [5, 5.41) is 10.8. The summed E-state index contributed by atoms with van der Waals surface area (Å²) in [6.45, 7) is 4.71. The molecule has 1 N–H and O–H groups in total. The molecule has 1 aromatic rings. The Morgan fingerprint density at radius 2 is 2.33 bits per heavy atom. The lowest BCUT2D eigenvalue weighted by Crippen LogP contribution is -2.20. The van der Waals surface area contributed by atoms with E-state index in [0.717, 1.165) is 23.9 Å². The van der Waals surface area contributed by atoms with E-state index in [1.54, 1.807) is 11.3 Å². The Kier molecular flexibility index (Phi) is 4.82. The summed E-state index contributed by atoms with van der Waals surface area (Å²) in [7, 11) is 2.20. The summed E-state index contributed by atoms with van der Waals surface area (Å²) in [5.74, 6) is 7.88. The van der Waals surface area contributed by atoms with Crippen molar-refractivity contribution in [1.29, 1.82) is 0 Å². The molecule has 0 bridgehead atoms. The van der Waals surface area contributed by atoms with Gasteiger partial charge in [0.2, 0.25) is 0 Å². The molecule has 98 valence electrons. The molecule has 1 saturated carbocycles. The number of thiophene rings is 1. The van der Waals surface area contributed by atoms with E-state index in [-0.39, 0.29) is 6.61 Å². The minimum absolute atomic E-state index is 0.145. The molecule has 1 aliphatic carbocycles. The van der Waals surface area contributed by atoms with Gasteiger partial charge in [0.15, 0.2) is 0 Å². The molecule has 2 unspecified atom stereocenters. The van der Waals surface area contributed by atoms with Crippen LogP contribution in [0.2, 0.25) is 0 Å². The van der Waals surface area contributed by atoms with E-state index in [0.29, 0.717) is 6.42 Å². The lowest BCUT2D eigenvalue weighted by molar-refractivity contribution is 0.305. The molecular formula is C15H21NOS. The molecule has 0 aromatic carbocycles. The van der Waals surface area contributed by atoms with E-state index in [1.165, 1.54) is 17.8 Å². The molecule has 1 fully saturated rings. The van der Waals surface area contributed by atoms with Crippen LogP contribution in [-0.4, -0.2) is 30.2 Å². The van der Waals surface area contributed by atoms with E-state index in [4.69, 9.17) is 5.11 Å². The Bertz CT molecular complexity index is 443. The monoisotopic (exact) mass is 263 g/mol. The van der Waals surface area contributed by atoms with Gasteiger partial charge >= 0.3 is 0 Å². The van der Waals surface area contributed by atoms with Gasteiger partial charge in [-0.1, -0.05) is 18.8 Å². The van der Waals surface area contributed by atoms with Crippen LogP contribution in [0.25, 0.3) is 0 Å². The van der Waals surface area contributed by atoms with Gasteiger partial charge in [-0.05, 0) is 31.4 Å². The largest absolute Gasteiger partial charge is 0.395 e. The highest BCUT2D eigenvalue weighted by Crippen LogP contribution is 2.38. The van der Waals surface area contributed by atoms with Crippen molar-refractivity contribution in [3.63, 3.8) is 0 Å². The zero-order valence-electron chi connectivity index (χ0n) is 11.1. The summed E-state index contributed by atoms with van der Waals surface area (Å²) in [4.78, 5) is 3.78. The summed E-state index contributed by atoms with van der Waals surface area (Å²) < 4.78 is 0. The van der Waals surface area contributed by atoms with Gasteiger partial charge in [-0.3, -0.25) is 0 Å². The predicted octanol–water partition coefficient (Wildman–Crippen LogP) is 2.57. The van der Waals surface area contributed by atoms with E-state index >= 15 is 0 Å². The second kappa shape index (κ2) is 6.38. The molecule has 2 rings (SSSR count). The van der Waals surface area contributed by atoms with Crippen molar-refractivity contribution in [2.75, 3.05) is 20.2 Å². The first-order valence-electron chi connectivity index (χ1n) is 6.54. The highest BCUT2D eigenvalue weighted by Gasteiger charge is 2.32. The molecule has 0 radical (unpaired) electrons. The average molecular weight is 263 g/mol. The van der Waals surface area contributed by atoms with Crippen molar-refractivity contribution in [1.82, 2.24) is 4.90 Å². The van der Waals surface area contributed by atoms with E-state index in [9.17, 15) is 0 Å². The number of rotatable bonds is 5. The molecule has 1 aromatic heterocycles. The van der Waals surface area contributed by atoms with Crippen LogP contribution < -0.4 is 0 Å². The zero-order valence-corrected chi connectivity index (χ0v) is 12.0. The maximum absolute atomic E-state index is 8.67. The van der Waals surface area contributed by atoms with Gasteiger partial charge in [0.1, 0.15) is 0 Å². The Balaban J connectivity index is 1.81. The molecule has 1 heterocycles. The van der Waals surface area contributed by atoms with Gasteiger partial charge in [0.05, 0.1) is 6.61 Å². The molecular weight excluding hydrogens is 242 g/mol. The molecule has 3 heteroatoms. The van der Waals surface area contributed by atoms with Gasteiger partial charge in [-0.2, -0.15) is 0 Å². The third-order valence-electron chi connectivity index (χ3n) is 3.37. The smallest absolute Gasteiger partial charge is 0.0540 e. The highest BCUT2D eigenvalue weighted by molar-refractivity contribution is 7.10. The van der Waals surface area contributed by atoms with Gasteiger partial charge in [0.25, 0.3) is 0 Å². The van der Waals surface area contributed by atoms with Gasteiger partial charge < -0.3 is 10.0 Å². The van der Waals surface area contributed by atoms with Crippen molar-refractivity contribution in [3.05, 3.63) is 21.9 Å². The van der Waals surface area contributed by atoms with Crippen LogP contribution in [0.4, 0.5) is 0 Å². The fraction of sp³-hybridized carbons (Fsp3) is 0.600. The van der Waals surface area contributed by atoms with Crippen molar-refractivity contribution in [3.8, 4) is 11.8 Å². The van der Waals surface area contributed by atoms with Crippen LogP contribution in [0.15, 0.2) is 11.4 Å². The highest BCUT2D eigenvalue weighted by atomic mass is 32.1. The molecule has 0 aliphatic heterocycles. The average Bonchev–Trinajstić information content (AvgIpc) is 2.84. The number of aliphatic hydroxyl groups is 1. The number of hydrogen-bond acceptors (Lipinski definition) is 3. The Labute approximate surface area is 114 Å². The predicted molar refractivity (Wildman–Crippen MR) is 76.5 cm³/mol. The third kappa shape index (κ3) is 4.13. The molecule has 2 atom stereocenters. The minimum Gasteiger partial charge on any atom is -0.395 e. The first kappa shape index (κ1) is 13.6. The lowest BCUT2D eigenvalue weighted by atomic mass is 10.3. The van der Waals surface area contributed by atoms with Gasteiger partial charge in [-0.25, -0.2) is 0 Å². The van der Waals surface area contributed by atoms with Crippen molar-refractivity contribution in [2.24, 2.45) is 11.8 Å². The number of nitrogens with zero attached hydrogens (tertiary/aromatic N) is 1. The second-order valence-corrected chi connectivity index (χ2v) is 6.24. The molecule has 0 saturated heterocycles. The molecule has 18 heavy (non-hydrogen) atoms. The normalized spacial score (nSPS) is 21.8. The number of aliphatic hydroxyl groups excluding tert-OH is 1. The fourth-order valence-corrected chi connectivity index (χ4v) is 3.03. The Morgan fingerprint density at radius 3 is 3.00 bits per heavy atom. The van der Waals surface area contributed by atoms with Crippen LogP contribution >= 0.6 is 11.3 Å². The van der Waals surface area contributed by atoms with Crippen LogP contribution in [0, 0.1) is 23.7 Å². The Hall–Kier alpha value is -0.820. The van der Waals surface area contributed by atoms with Crippen molar-refractivity contribution < 1.29 is 5.11 Å². The summed E-state index contributed by atoms with van der Waals surface area (Å²) >= 11 is 1.78. The lowest BCUT2D eigenvalue weighted by Gasteiger charge is -2.14. The molecule has 0 amide bonds. The first-order valence-corrected chi connectivity index (χ1v) is 7.42. The van der Waals surface area contributed by atoms with E-state index < -0.39 is 0 Å². The SMILES string of the molecule is CC1CC1CN(C)Cc1cc(C#CCCO)cs1. The standard InChI is InChI=1S/C15H21NOS/c1-12-7-14(12)9-16(2)10-15-8-13(11-18-15)5-3-4-6-17/h8,11-12,14,17H,4,6-7,9-10H2,1-2H3. The number of hydrogen-bond donors (Lipinski definition) is 1. The van der Waals surface area contributed by atoms with Crippen molar-refractivity contribution in [2.45, 2.75) is 26.3 Å². The van der Waals surface area contributed by atoms with Crippen LogP contribution in [0.5, 0.6) is 0 Å². The topological polar surface area (TPSA) is 23.5 Å². The molecule has 2 nitrogen and oxygen atoms in total. The third-order valence-corrected chi connectivity index (χ3v) is 4.29. The van der Waals surface area contributed by atoms with Crippen LogP contribution in [0.1, 0.15) is 30.2 Å². The summed E-state index contributed by atoms with van der Waals surface area (Å²) in [5.41, 5.74) is 1.08. The van der Waals surface area contributed by atoms with Gasteiger partial charge in [0, 0.05) is 35.3 Å². The fourth-order valence-electron chi connectivity index (χ4n) is 2.13. The molecule has 0 spiro atoms. The summed E-state index contributed by atoms with van der Waals surface area (Å²) in [6.07, 6.45) is 1.96. The minimum atomic E-state index is 0.145. The Morgan fingerprint density at radius 1 is 1.56 bits per heavy atom. The van der Waals surface area contributed by atoms with Crippen LogP contribution in [0.3, 0.4) is 0 Å². The zero-order chi connectivity index (χ0) is 13.0. The molecule has 1 aliphatic rings. The van der Waals surface area contributed by atoms with Gasteiger partial charge in [-0.15, -0.1) is 11.3 Å². The second-order valence-electron chi connectivity index (χ2n) is 5.25. The quantitative estimate of drug-likeness (QED) is 0.825. The first-order chi connectivity index (χ1) is 8.69. The maximum Gasteiger partial charge on any atom is 0.0540 e.